The van der Waals surface area contributed by atoms with E-state index in [1.54, 1.807) is 79.0 Å². The zero-order valence-electron chi connectivity index (χ0n) is 82.0. The lowest BCUT2D eigenvalue weighted by Gasteiger charge is -2.23. The molecular formula is C101H135N18O20P4+. The van der Waals surface area contributed by atoms with Crippen molar-refractivity contribution in [2.75, 3.05) is 136 Å². The van der Waals surface area contributed by atoms with Gasteiger partial charge < -0.3 is 130 Å². The number of aromatic amines is 9. The number of nitrogens with two attached hydrogens (primary N) is 3. The molecule has 768 valence electrons. The van der Waals surface area contributed by atoms with Gasteiger partial charge in [0.05, 0.1) is 27.7 Å². The second-order valence-corrected chi connectivity index (χ2v) is 40.1. The fourth-order valence-electron chi connectivity index (χ4n) is 16.0. The van der Waals surface area contributed by atoms with Crippen LogP contribution in [0.15, 0.2) is 226 Å². The Morgan fingerprint density at radius 3 is 0.860 bits per heavy atom. The number of phenolic OH excluding ortho intramolecular Hbond substituents is 4. The molecule has 29 N–H and O–H groups in total. The Labute approximate surface area is 828 Å². The molecule has 18 rings (SSSR count). The molecule has 0 unspecified atom stereocenters. The largest absolute Gasteiger partial charge is 0.524 e. The van der Waals surface area contributed by atoms with Crippen LogP contribution in [0.25, 0.3) is 98.1 Å². The van der Waals surface area contributed by atoms with Crippen LogP contribution in [0.4, 0.5) is 0 Å². The first-order chi connectivity index (χ1) is 68.0. The highest BCUT2D eigenvalue weighted by atomic mass is 31.2. The average molecular weight is 2050 g/mol. The highest BCUT2D eigenvalue weighted by molar-refractivity contribution is 7.47. The van der Waals surface area contributed by atoms with Gasteiger partial charge in [-0.2, -0.15) is 0 Å². The molecule has 0 saturated carbocycles. The molecule has 143 heavy (non-hydrogen) atoms. The van der Waals surface area contributed by atoms with Gasteiger partial charge in [-0.25, -0.2) is 18.3 Å². The molecule has 0 atom stereocenters. The van der Waals surface area contributed by atoms with Gasteiger partial charge in [0.1, 0.15) is 46.0 Å². The minimum atomic E-state index is -4.56. The number of hydrogen-bond acceptors (Lipinski definition) is 20. The van der Waals surface area contributed by atoms with E-state index in [4.69, 9.17) is 69.9 Å². The van der Waals surface area contributed by atoms with Crippen LogP contribution in [0.1, 0.15) is 50.1 Å². The molecule has 9 aromatic carbocycles. The Morgan fingerprint density at radius 1 is 0.294 bits per heavy atom. The number of hydrogen-bond donors (Lipinski definition) is 26. The smallest absolute Gasteiger partial charge is 0.508 e. The van der Waals surface area contributed by atoms with E-state index in [-0.39, 0.29) is 23.0 Å². The Morgan fingerprint density at radius 2 is 0.538 bits per heavy atom. The molecule has 38 nitrogen and oxygen atoms in total. The van der Waals surface area contributed by atoms with E-state index in [0.717, 1.165) is 216 Å². The number of aromatic hydroxyl groups is 4. The second-order valence-electron chi connectivity index (χ2n) is 35.5. The lowest BCUT2D eigenvalue weighted by Crippen LogP contribution is -2.36. The monoisotopic (exact) mass is 2040 g/mol. The van der Waals surface area contributed by atoms with Gasteiger partial charge in [0.15, 0.2) is 0 Å². The lowest BCUT2D eigenvalue weighted by atomic mass is 10.1. The average Bonchev–Trinajstić information content (AvgIpc) is 1.66. The number of likely N-dealkylation sites (N-methyl/N-ethyl adjacent to an activating group) is 6. The Kier molecular flexibility index (Phi) is 41.4. The lowest BCUT2D eigenvalue weighted by molar-refractivity contribution is -0.870. The zero-order valence-corrected chi connectivity index (χ0v) is 85.6. The van der Waals surface area contributed by atoms with Crippen LogP contribution in [0, 0.1) is 0 Å². The third kappa shape index (κ3) is 34.1. The van der Waals surface area contributed by atoms with Crippen molar-refractivity contribution in [2.45, 2.75) is 57.8 Å². The van der Waals surface area contributed by atoms with Crippen LogP contribution >= 0.6 is 31.3 Å². The standard InChI is InChI=1S/C13H19N2O4P.C12H17N2O4P.C12H16N2O.C12H16N2.C11H15N2O4P.C11H14N2O.C10H13N2O4P.2C10H12N2O/c1-15(2,3)8-7-10-9-14-11-5-4-6-12(13(10)11)19-20(16,17)18;1-14(2)7-6-9-8-13-10-4-3-5-11(12(9)10)18-19(15,16)17;1-14(2)7-6-9-8-13-10-4-3-5-11(15)12(9)10;1-14(2)8-7-10-9-13-12-6-4-3-5-11(10)12;1-12-6-5-8-7-13-9-3-2-4-10(11(8)9)17-18(14,15)16;1-12-6-5-8-7-13-9-3-2-4-10(14)11(8)9;11-5-4-7-6-12-8-2-1-3-9(10(7)8)16-17(13,14)15;11-4-3-7-6-12-10-2-1-8(13)5-9(7)10;11-5-4-7-6-12-8-2-1-3-9(13)10(7)8/h4-6,9,14H,7-8H2,1-3H3,(H-,16,17,18);3-5,8,13H,6-7H2,1-2H3,(H2,15,16,17);3-5,8,13,15H,6-7H2,1-2H3;3-6,9,13H,7-8H2,1-2H3;2-4,7,12-13H,5-6H2,1H3,(H2,14,15,16);2-4,7,12-14H,5-6H2,1H3;1-3,6,12H,4-5,11H2,(H2,13,14,15);1-2,5-6,12-13H,3-4,11H2;1-3,6,12-13H,4-5,11H2/p+1. The van der Waals surface area contributed by atoms with Gasteiger partial charge in [0.2, 0.25) is 0 Å². The maximum Gasteiger partial charge on any atom is 0.524 e. The first-order valence-electron chi connectivity index (χ1n) is 46.1. The molecule has 42 heteroatoms. The highest BCUT2D eigenvalue weighted by Crippen LogP contribution is 2.46. The van der Waals surface area contributed by atoms with Crippen molar-refractivity contribution in [3.05, 3.63) is 276 Å². The summed E-state index contributed by atoms with van der Waals surface area (Å²) in [6, 6.07) is 50.6. The minimum absolute atomic E-state index is 0.167. The van der Waals surface area contributed by atoms with Gasteiger partial charge >= 0.3 is 31.3 Å². The number of H-pyrrole nitrogens is 9. The van der Waals surface area contributed by atoms with E-state index in [1.165, 1.54) is 28.1 Å². The maximum absolute atomic E-state index is 11.1. The molecule has 18 aromatic rings. The third-order valence-electron chi connectivity index (χ3n) is 22.7. The quantitative estimate of drug-likeness (QED) is 0.0137. The fourth-order valence-corrected chi connectivity index (χ4v) is 17.6. The number of para-hydroxylation sites is 1. The number of aromatic nitrogens is 9. The summed E-state index contributed by atoms with van der Waals surface area (Å²) in [4.78, 5) is 106. The molecule has 0 aliphatic rings. The van der Waals surface area contributed by atoms with Crippen molar-refractivity contribution in [3.8, 4) is 46.0 Å². The highest BCUT2D eigenvalue weighted by Gasteiger charge is 2.25. The summed E-state index contributed by atoms with van der Waals surface area (Å²) in [6.07, 6.45) is 24.7. The summed E-state index contributed by atoms with van der Waals surface area (Å²) in [5.41, 5.74) is 34.6. The molecule has 0 radical (unpaired) electrons. The van der Waals surface area contributed by atoms with Gasteiger partial charge in [-0.05, 0) is 300 Å². The van der Waals surface area contributed by atoms with Crippen molar-refractivity contribution in [2.24, 2.45) is 17.2 Å². The normalized spacial score (nSPS) is 11.7. The van der Waals surface area contributed by atoms with Crippen molar-refractivity contribution in [3.63, 3.8) is 0 Å². The van der Waals surface area contributed by atoms with Crippen LogP contribution in [0.5, 0.6) is 46.0 Å². The van der Waals surface area contributed by atoms with Gasteiger partial charge in [-0.1, -0.05) is 60.7 Å². The molecule has 0 bridgehead atoms. The second kappa shape index (κ2) is 52.7. The third-order valence-corrected chi connectivity index (χ3v) is 24.4. The number of phosphoric acid groups is 4. The summed E-state index contributed by atoms with van der Waals surface area (Å²) in [5, 5.41) is 52.6. The van der Waals surface area contributed by atoms with Crippen LogP contribution in [0.2, 0.25) is 0 Å². The molecule has 9 heterocycles. The van der Waals surface area contributed by atoms with Crippen molar-refractivity contribution in [1.82, 2.24) is 70.2 Å². The van der Waals surface area contributed by atoms with Crippen LogP contribution in [-0.2, 0) is 76.0 Å². The number of rotatable bonds is 32. The van der Waals surface area contributed by atoms with Crippen LogP contribution in [-0.4, -0.2) is 260 Å². The fraction of sp³-hybridized carbons (Fsp3) is 0.287. The van der Waals surface area contributed by atoms with Gasteiger partial charge in [0, 0.05) is 180 Å². The number of phosphoric ester groups is 4. The summed E-state index contributed by atoms with van der Waals surface area (Å²) >= 11 is 0. The Hall–Kier alpha value is -12.5. The molecule has 9 aromatic heterocycles. The molecular weight excluding hydrogens is 1910 g/mol. The molecule has 0 amide bonds. The van der Waals surface area contributed by atoms with E-state index >= 15 is 0 Å². The van der Waals surface area contributed by atoms with Gasteiger partial charge in [-0.15, -0.1) is 0 Å². The number of nitrogens with one attached hydrogen (secondary N) is 11. The van der Waals surface area contributed by atoms with Crippen LogP contribution < -0.4 is 45.9 Å². The van der Waals surface area contributed by atoms with E-state index in [1.807, 2.05) is 143 Å². The Balaban J connectivity index is 0.000000166. The molecule has 0 aliphatic heterocycles. The van der Waals surface area contributed by atoms with Crippen molar-refractivity contribution < 1.29 is 100 Å². The van der Waals surface area contributed by atoms with Gasteiger partial charge in [0.25, 0.3) is 0 Å². The Bertz CT molecular complexity index is 7290. The summed E-state index contributed by atoms with van der Waals surface area (Å²) < 4.78 is 63.6. The SMILES string of the molecule is CN(C)CCc1c[nH]c2cccc(O)c12.CN(C)CCc1c[nH]c2cccc(OP(=O)(O)O)c12.CN(C)CCc1c[nH]c2ccccc12.CNCCc1c[nH]c2cccc(O)c12.CNCCc1c[nH]c2cccc(OP(=O)(O)O)c12.C[N+](C)(C)CCc1c[nH]c2cccc(OP(=O)(O)O)c12.NCCc1c[nH]c2ccc(O)cc12.NCCc1c[nH]c2cccc(O)c12.NCCc1c[nH]c2cccc(OP(=O)(O)O)c12. The van der Waals surface area contributed by atoms with Crippen molar-refractivity contribution >= 4 is 129 Å². The maximum atomic E-state index is 11.1. The van der Waals surface area contributed by atoms with Crippen molar-refractivity contribution in [1.29, 1.82) is 0 Å². The topological polar surface area (TPSA) is 602 Å². The van der Waals surface area contributed by atoms with E-state index in [2.05, 4.69) is 150 Å². The summed E-state index contributed by atoms with van der Waals surface area (Å²) in [7, 11) is 4.13. The zero-order chi connectivity index (χ0) is 104. The molecule has 0 fully saturated rings. The minimum Gasteiger partial charge on any atom is -0.508 e. The number of phenols is 4. The molecule has 0 saturated heterocycles. The van der Waals surface area contributed by atoms with E-state index in [0.29, 0.717) is 54.4 Å². The van der Waals surface area contributed by atoms with E-state index in [9.17, 15) is 38.7 Å². The molecule has 0 aliphatic carbocycles. The first-order valence-corrected chi connectivity index (χ1v) is 52.3. The number of fused-ring (bicyclic) bond motifs is 9. The van der Waals surface area contributed by atoms with Crippen LogP contribution in [0.3, 0.4) is 0 Å². The van der Waals surface area contributed by atoms with E-state index < -0.39 is 31.3 Å². The summed E-state index contributed by atoms with van der Waals surface area (Å²) in [5.74, 6) is 2.13. The number of benzene rings is 9. The predicted octanol–water partition coefficient (Wildman–Crippen LogP) is 14.8. The number of quaternary nitrogens is 1. The van der Waals surface area contributed by atoms with Gasteiger partial charge in [-0.3, -0.25) is 39.1 Å². The molecule has 0 spiro atoms. The number of nitrogens with zero attached hydrogens (tertiary/aromatic N) is 4. The first kappa shape index (κ1) is 112. The predicted molar refractivity (Wildman–Crippen MR) is 569 cm³/mol. The summed E-state index contributed by atoms with van der Waals surface area (Å²) in [6.45, 7) is 7.22.